The molecule has 0 saturated heterocycles. The van der Waals surface area contributed by atoms with E-state index < -0.39 is 0 Å². The van der Waals surface area contributed by atoms with Gasteiger partial charge in [0.1, 0.15) is 4.99 Å². The van der Waals surface area contributed by atoms with Crippen molar-refractivity contribution in [2.45, 2.75) is 25.8 Å². The summed E-state index contributed by atoms with van der Waals surface area (Å²) in [5.41, 5.74) is 6.99. The fourth-order valence-corrected chi connectivity index (χ4v) is 2.05. The van der Waals surface area contributed by atoms with Gasteiger partial charge in [-0.3, -0.25) is 4.79 Å². The molecular formula is C13H16N2OS. The number of hydrogen-bond acceptors (Lipinski definition) is 2. The van der Waals surface area contributed by atoms with E-state index in [1.165, 1.54) is 0 Å². The van der Waals surface area contributed by atoms with E-state index in [4.69, 9.17) is 18.0 Å². The minimum atomic E-state index is 0.0769. The molecular weight excluding hydrogens is 232 g/mol. The fraction of sp³-hybridized carbons (Fsp3) is 0.385. The van der Waals surface area contributed by atoms with Crippen molar-refractivity contribution in [3.8, 4) is 0 Å². The largest absolute Gasteiger partial charge is 0.389 e. The Balaban J connectivity index is 2.23. The third kappa shape index (κ3) is 2.64. The van der Waals surface area contributed by atoms with Crippen molar-refractivity contribution >= 4 is 23.1 Å². The quantitative estimate of drug-likeness (QED) is 0.828. The predicted molar refractivity (Wildman–Crippen MR) is 72.1 cm³/mol. The molecule has 1 fully saturated rings. The highest BCUT2D eigenvalue weighted by molar-refractivity contribution is 7.80. The fourth-order valence-electron chi connectivity index (χ4n) is 1.93. The molecule has 0 radical (unpaired) electrons. The smallest absolute Gasteiger partial charge is 0.254 e. The van der Waals surface area contributed by atoms with Crippen molar-refractivity contribution < 1.29 is 4.79 Å². The van der Waals surface area contributed by atoms with Crippen LogP contribution in [-0.2, 0) is 0 Å². The molecule has 3 nitrogen and oxygen atoms in total. The highest BCUT2D eigenvalue weighted by Crippen LogP contribution is 2.28. The first-order valence-corrected chi connectivity index (χ1v) is 6.25. The molecule has 2 rings (SSSR count). The number of nitrogens with two attached hydrogens (primary N) is 1. The number of carbonyl (C=O) groups is 1. The molecule has 0 atom stereocenters. The second-order valence-electron chi connectivity index (χ2n) is 4.27. The Morgan fingerprint density at radius 2 is 2.12 bits per heavy atom. The van der Waals surface area contributed by atoms with Crippen molar-refractivity contribution in [3.63, 3.8) is 0 Å². The molecule has 1 amide bonds. The summed E-state index contributed by atoms with van der Waals surface area (Å²) >= 11 is 4.92. The van der Waals surface area contributed by atoms with Crippen LogP contribution in [0.15, 0.2) is 24.3 Å². The maximum absolute atomic E-state index is 12.3. The number of hydrogen-bond donors (Lipinski definition) is 1. The Kier molecular flexibility index (Phi) is 3.43. The Labute approximate surface area is 107 Å². The lowest BCUT2D eigenvalue weighted by molar-refractivity contribution is 0.0752. The van der Waals surface area contributed by atoms with Crippen molar-refractivity contribution in [3.05, 3.63) is 35.4 Å². The van der Waals surface area contributed by atoms with Crippen LogP contribution in [0.1, 0.15) is 35.7 Å². The average molecular weight is 248 g/mol. The summed E-state index contributed by atoms with van der Waals surface area (Å²) in [4.78, 5) is 14.5. The lowest BCUT2D eigenvalue weighted by Gasteiger charge is -2.20. The van der Waals surface area contributed by atoms with Crippen LogP contribution >= 0.6 is 12.2 Å². The third-order valence-electron chi connectivity index (χ3n) is 2.98. The van der Waals surface area contributed by atoms with Crippen molar-refractivity contribution in [2.75, 3.05) is 6.54 Å². The zero-order chi connectivity index (χ0) is 12.4. The van der Waals surface area contributed by atoms with Gasteiger partial charge in [0.05, 0.1) is 0 Å². The Morgan fingerprint density at radius 3 is 2.65 bits per heavy atom. The molecule has 0 unspecified atom stereocenters. The maximum atomic E-state index is 12.3. The first-order chi connectivity index (χ1) is 8.13. The van der Waals surface area contributed by atoms with Gasteiger partial charge in [-0.15, -0.1) is 0 Å². The zero-order valence-corrected chi connectivity index (χ0v) is 10.7. The van der Waals surface area contributed by atoms with Crippen LogP contribution in [0.5, 0.6) is 0 Å². The average Bonchev–Trinajstić information content (AvgIpc) is 3.14. The molecule has 1 aromatic carbocycles. The molecule has 1 saturated carbocycles. The zero-order valence-electron chi connectivity index (χ0n) is 9.85. The van der Waals surface area contributed by atoms with Crippen LogP contribution in [0.2, 0.25) is 0 Å². The number of carbonyl (C=O) groups excluding carboxylic acids is 1. The van der Waals surface area contributed by atoms with Gasteiger partial charge >= 0.3 is 0 Å². The Hall–Kier alpha value is -1.42. The second kappa shape index (κ2) is 4.84. The van der Waals surface area contributed by atoms with Gasteiger partial charge in [-0.05, 0) is 31.9 Å². The van der Waals surface area contributed by atoms with Crippen molar-refractivity contribution in [1.29, 1.82) is 0 Å². The number of thiocarbonyl (C=S) groups is 1. The molecule has 17 heavy (non-hydrogen) atoms. The van der Waals surface area contributed by atoms with Crippen LogP contribution in [0.25, 0.3) is 0 Å². The standard InChI is InChI=1S/C13H16N2OS/c1-2-15(11-6-7-11)13(16)10-5-3-4-9(8-10)12(14)17/h3-5,8,11H,2,6-7H2,1H3,(H2,14,17). The van der Waals surface area contributed by atoms with Crippen LogP contribution in [0, 0.1) is 0 Å². The lowest BCUT2D eigenvalue weighted by atomic mass is 10.1. The molecule has 1 aromatic rings. The molecule has 90 valence electrons. The number of benzene rings is 1. The van der Waals surface area contributed by atoms with Crippen LogP contribution in [0.4, 0.5) is 0 Å². The van der Waals surface area contributed by atoms with Crippen LogP contribution in [-0.4, -0.2) is 28.4 Å². The van der Waals surface area contributed by atoms with E-state index in [-0.39, 0.29) is 5.91 Å². The van der Waals surface area contributed by atoms with Crippen LogP contribution in [0.3, 0.4) is 0 Å². The normalized spacial score (nSPS) is 14.4. The Morgan fingerprint density at radius 1 is 1.47 bits per heavy atom. The Bertz CT molecular complexity index is 454. The molecule has 0 aromatic heterocycles. The molecule has 1 aliphatic rings. The monoisotopic (exact) mass is 248 g/mol. The lowest BCUT2D eigenvalue weighted by Crippen LogP contribution is -2.32. The molecule has 0 bridgehead atoms. The van der Waals surface area contributed by atoms with E-state index in [1.807, 2.05) is 30.0 Å². The molecule has 4 heteroatoms. The van der Waals surface area contributed by atoms with Gasteiger partial charge in [-0.2, -0.15) is 0 Å². The summed E-state index contributed by atoms with van der Waals surface area (Å²) in [5, 5.41) is 0. The van der Waals surface area contributed by atoms with Gasteiger partial charge < -0.3 is 10.6 Å². The van der Waals surface area contributed by atoms with Gasteiger partial charge in [0.25, 0.3) is 5.91 Å². The molecule has 2 N–H and O–H groups in total. The van der Waals surface area contributed by atoms with Gasteiger partial charge in [0.2, 0.25) is 0 Å². The third-order valence-corrected chi connectivity index (χ3v) is 3.22. The topological polar surface area (TPSA) is 46.3 Å². The molecule has 0 heterocycles. The summed E-state index contributed by atoms with van der Waals surface area (Å²) in [7, 11) is 0. The van der Waals surface area contributed by atoms with E-state index in [0.717, 1.165) is 24.9 Å². The predicted octanol–water partition coefficient (Wildman–Crippen LogP) is 1.95. The summed E-state index contributed by atoms with van der Waals surface area (Å²) in [5.74, 6) is 0.0769. The number of nitrogens with zero attached hydrogens (tertiary/aromatic N) is 1. The summed E-state index contributed by atoms with van der Waals surface area (Å²) in [6, 6.07) is 7.67. The van der Waals surface area contributed by atoms with E-state index in [9.17, 15) is 4.79 Å². The number of rotatable bonds is 4. The van der Waals surface area contributed by atoms with Crippen LogP contribution < -0.4 is 5.73 Å². The van der Waals surface area contributed by atoms with E-state index in [1.54, 1.807) is 6.07 Å². The first-order valence-electron chi connectivity index (χ1n) is 5.84. The van der Waals surface area contributed by atoms with Gasteiger partial charge in [-0.1, -0.05) is 24.4 Å². The molecule has 0 spiro atoms. The highest BCUT2D eigenvalue weighted by atomic mass is 32.1. The second-order valence-corrected chi connectivity index (χ2v) is 4.71. The minimum Gasteiger partial charge on any atom is -0.389 e. The van der Waals surface area contributed by atoms with E-state index >= 15 is 0 Å². The van der Waals surface area contributed by atoms with Gasteiger partial charge in [-0.25, -0.2) is 0 Å². The summed E-state index contributed by atoms with van der Waals surface area (Å²) in [6.07, 6.45) is 2.24. The molecule has 0 aliphatic heterocycles. The molecule has 1 aliphatic carbocycles. The summed E-state index contributed by atoms with van der Waals surface area (Å²) < 4.78 is 0. The minimum absolute atomic E-state index is 0.0769. The number of amides is 1. The first kappa shape index (κ1) is 12.0. The van der Waals surface area contributed by atoms with Gasteiger partial charge in [0, 0.05) is 23.7 Å². The maximum Gasteiger partial charge on any atom is 0.254 e. The van der Waals surface area contributed by atoms with Gasteiger partial charge in [0.15, 0.2) is 0 Å². The van der Waals surface area contributed by atoms with E-state index in [2.05, 4.69) is 0 Å². The van der Waals surface area contributed by atoms with Crippen molar-refractivity contribution in [2.24, 2.45) is 5.73 Å². The van der Waals surface area contributed by atoms with E-state index in [0.29, 0.717) is 16.6 Å². The SMILES string of the molecule is CCN(C(=O)c1cccc(C(N)=S)c1)C1CC1. The highest BCUT2D eigenvalue weighted by Gasteiger charge is 2.31. The van der Waals surface area contributed by atoms with Crippen molar-refractivity contribution in [1.82, 2.24) is 4.90 Å². The summed E-state index contributed by atoms with van der Waals surface area (Å²) in [6.45, 7) is 2.76.